The molecular weight excluding hydrogens is 313 g/mol. The molecule has 0 atom stereocenters. The molecule has 0 bridgehead atoms. The second kappa shape index (κ2) is 5.65. The molecule has 0 radical (unpaired) electrons. The fourth-order valence-corrected chi connectivity index (χ4v) is 4.04. The highest BCUT2D eigenvalue weighted by molar-refractivity contribution is 8.14. The quantitative estimate of drug-likeness (QED) is 0.638. The van der Waals surface area contributed by atoms with Crippen LogP contribution in [0, 0.1) is 0 Å². The maximum Gasteiger partial charge on any atom is 0.233 e. The summed E-state index contributed by atoms with van der Waals surface area (Å²) >= 11 is 7.33. The van der Waals surface area contributed by atoms with Crippen molar-refractivity contribution in [3.8, 4) is 0 Å². The molecule has 3 nitrogen and oxygen atoms in total. The van der Waals surface area contributed by atoms with Gasteiger partial charge in [0.25, 0.3) is 0 Å². The Balaban J connectivity index is 2.23. The van der Waals surface area contributed by atoms with Gasteiger partial charge in [0.2, 0.25) is 9.05 Å². The zero-order valence-electron chi connectivity index (χ0n) is 9.14. The van der Waals surface area contributed by atoms with Gasteiger partial charge in [-0.2, -0.15) is 0 Å². The molecule has 0 aliphatic heterocycles. The fourth-order valence-electron chi connectivity index (χ4n) is 1.47. The van der Waals surface area contributed by atoms with Gasteiger partial charge < -0.3 is 0 Å². The van der Waals surface area contributed by atoms with E-state index in [9.17, 15) is 8.42 Å². The van der Waals surface area contributed by atoms with Crippen LogP contribution < -0.4 is 0 Å². The Morgan fingerprint density at radius 1 is 1.28 bits per heavy atom. The number of halogens is 2. The van der Waals surface area contributed by atoms with Gasteiger partial charge in [-0.05, 0) is 18.2 Å². The monoisotopic (exact) mass is 321 g/mol. The fraction of sp³-hybridized carbons (Fsp3) is 0.182. The van der Waals surface area contributed by atoms with E-state index in [1.165, 1.54) is 11.8 Å². The highest BCUT2D eigenvalue weighted by Crippen LogP contribution is 2.28. The molecule has 1 aromatic carbocycles. The molecule has 1 aromatic heterocycles. The maximum atomic E-state index is 10.9. The van der Waals surface area contributed by atoms with Gasteiger partial charge in [-0.15, -0.1) is 11.8 Å². The molecule has 0 saturated carbocycles. The summed E-state index contributed by atoms with van der Waals surface area (Å²) in [5.41, 5.74) is 0.793. The second-order valence-electron chi connectivity index (χ2n) is 3.56. The van der Waals surface area contributed by atoms with Gasteiger partial charge in [0.1, 0.15) is 0 Å². The summed E-state index contributed by atoms with van der Waals surface area (Å²) < 4.78 is 21.7. The van der Waals surface area contributed by atoms with Gasteiger partial charge in [0.05, 0.1) is 11.3 Å². The van der Waals surface area contributed by atoms with E-state index < -0.39 is 9.05 Å². The van der Waals surface area contributed by atoms with Crippen molar-refractivity contribution in [1.82, 2.24) is 4.98 Å². The Hall–Kier alpha value is -0.490. The molecule has 2 aromatic rings. The highest BCUT2D eigenvalue weighted by atomic mass is 35.7. The summed E-state index contributed by atoms with van der Waals surface area (Å²) in [6, 6.07) is 7.29. The molecular formula is C11H9Cl2NO2S2. The third-order valence-electron chi connectivity index (χ3n) is 2.25. The molecule has 1 heterocycles. The predicted octanol–water partition coefficient (Wildman–Crippen LogP) is 3.55. The summed E-state index contributed by atoms with van der Waals surface area (Å²) in [7, 11) is 1.73. The number of aromatic nitrogens is 1. The first-order chi connectivity index (χ1) is 8.46. The first-order valence-electron chi connectivity index (χ1n) is 5.05. The number of thioether (sulfide) groups is 1. The van der Waals surface area contributed by atoms with E-state index in [4.69, 9.17) is 22.3 Å². The lowest BCUT2D eigenvalue weighted by molar-refractivity contribution is 0.611. The molecule has 0 spiro atoms. The zero-order chi connectivity index (χ0) is 13.2. The molecule has 18 heavy (non-hydrogen) atoms. The molecule has 7 heteroatoms. The minimum atomic E-state index is -3.44. The summed E-state index contributed by atoms with van der Waals surface area (Å²) in [5.74, 6) is 0.351. The summed E-state index contributed by atoms with van der Waals surface area (Å²) in [5, 5.41) is 1.58. The number of rotatable bonds is 4. The van der Waals surface area contributed by atoms with Crippen LogP contribution in [0.1, 0.15) is 0 Å². The summed E-state index contributed by atoms with van der Waals surface area (Å²) in [6.45, 7) is 0. The first kappa shape index (κ1) is 13.9. The number of benzene rings is 1. The average Bonchev–Trinajstić information content (AvgIpc) is 2.27. The minimum absolute atomic E-state index is 0.0589. The Morgan fingerprint density at radius 2 is 2.06 bits per heavy atom. The number of fused-ring (bicyclic) bond motifs is 1. The van der Waals surface area contributed by atoms with Crippen LogP contribution in [-0.2, 0) is 9.05 Å². The van der Waals surface area contributed by atoms with Crippen LogP contribution in [0.4, 0.5) is 0 Å². The summed E-state index contributed by atoms with van der Waals surface area (Å²) in [4.78, 5) is 5.19. The molecule has 0 aliphatic carbocycles. The largest absolute Gasteiger partial charge is 0.256 e. The standard InChI is InChI=1S/C11H9Cl2NO2S2/c12-8-1-2-9-10(7-8)14-4-3-11(9)17-5-6-18(13,15)16/h1-4,7H,5-6H2. The van der Waals surface area contributed by atoms with E-state index >= 15 is 0 Å². The van der Waals surface area contributed by atoms with E-state index in [0.29, 0.717) is 10.8 Å². The number of nitrogens with zero attached hydrogens (tertiary/aromatic N) is 1. The Bertz CT molecular complexity index is 674. The molecule has 2 rings (SSSR count). The number of hydrogen-bond donors (Lipinski definition) is 0. The van der Waals surface area contributed by atoms with Crippen LogP contribution in [0.25, 0.3) is 10.9 Å². The van der Waals surface area contributed by atoms with E-state index in [0.717, 1.165) is 15.8 Å². The van der Waals surface area contributed by atoms with Crippen molar-refractivity contribution in [1.29, 1.82) is 0 Å². The molecule has 0 aliphatic rings. The van der Waals surface area contributed by atoms with Gasteiger partial charge in [0, 0.05) is 37.9 Å². The van der Waals surface area contributed by atoms with E-state index in [2.05, 4.69) is 4.98 Å². The lowest BCUT2D eigenvalue weighted by Crippen LogP contribution is -1.99. The van der Waals surface area contributed by atoms with Crippen LogP contribution in [0.5, 0.6) is 0 Å². The zero-order valence-corrected chi connectivity index (χ0v) is 12.3. The van der Waals surface area contributed by atoms with E-state index in [1.807, 2.05) is 12.1 Å². The Morgan fingerprint density at radius 3 is 2.78 bits per heavy atom. The van der Waals surface area contributed by atoms with Crippen molar-refractivity contribution in [2.24, 2.45) is 0 Å². The topological polar surface area (TPSA) is 47.0 Å². The van der Waals surface area contributed by atoms with Crippen molar-refractivity contribution >= 4 is 54.0 Å². The molecule has 0 fully saturated rings. The number of pyridine rings is 1. The van der Waals surface area contributed by atoms with Crippen molar-refractivity contribution in [2.75, 3.05) is 11.5 Å². The smallest absolute Gasteiger partial charge is 0.233 e. The molecule has 0 N–H and O–H groups in total. The maximum absolute atomic E-state index is 10.9. The summed E-state index contributed by atoms with van der Waals surface area (Å²) in [6.07, 6.45) is 1.68. The SMILES string of the molecule is O=S(=O)(Cl)CCSc1ccnc2cc(Cl)ccc12. The second-order valence-corrected chi connectivity index (χ2v) is 8.03. The van der Waals surface area contributed by atoms with Crippen molar-refractivity contribution in [2.45, 2.75) is 4.90 Å². The van der Waals surface area contributed by atoms with Crippen LogP contribution in [0.2, 0.25) is 5.02 Å². The van der Waals surface area contributed by atoms with Crippen molar-refractivity contribution < 1.29 is 8.42 Å². The first-order valence-corrected chi connectivity index (χ1v) is 8.89. The van der Waals surface area contributed by atoms with Crippen LogP contribution in [0.15, 0.2) is 35.4 Å². The lowest BCUT2D eigenvalue weighted by atomic mass is 10.2. The van der Waals surface area contributed by atoms with Crippen LogP contribution in [0.3, 0.4) is 0 Å². The Labute approximate surface area is 119 Å². The van der Waals surface area contributed by atoms with E-state index in [1.54, 1.807) is 18.3 Å². The van der Waals surface area contributed by atoms with Crippen LogP contribution >= 0.6 is 34.0 Å². The lowest BCUT2D eigenvalue weighted by Gasteiger charge is -2.05. The van der Waals surface area contributed by atoms with Crippen molar-refractivity contribution in [3.63, 3.8) is 0 Å². The van der Waals surface area contributed by atoms with Gasteiger partial charge >= 0.3 is 0 Å². The Kier molecular flexibility index (Phi) is 4.37. The molecule has 0 amide bonds. The molecule has 0 saturated heterocycles. The minimum Gasteiger partial charge on any atom is -0.256 e. The van der Waals surface area contributed by atoms with Crippen molar-refractivity contribution in [3.05, 3.63) is 35.5 Å². The van der Waals surface area contributed by atoms with Crippen LogP contribution in [-0.4, -0.2) is 24.9 Å². The van der Waals surface area contributed by atoms with E-state index in [-0.39, 0.29) is 5.75 Å². The van der Waals surface area contributed by atoms with Gasteiger partial charge in [-0.3, -0.25) is 4.98 Å². The number of hydrogen-bond acceptors (Lipinski definition) is 4. The normalized spacial score (nSPS) is 11.9. The molecule has 96 valence electrons. The third kappa shape index (κ3) is 3.75. The predicted molar refractivity (Wildman–Crippen MR) is 77.1 cm³/mol. The average molecular weight is 322 g/mol. The van der Waals surface area contributed by atoms with Gasteiger partial charge in [-0.1, -0.05) is 17.7 Å². The van der Waals surface area contributed by atoms with Gasteiger partial charge in [0.15, 0.2) is 0 Å². The third-order valence-corrected chi connectivity index (χ3v) is 4.97. The highest BCUT2D eigenvalue weighted by Gasteiger charge is 2.07. The van der Waals surface area contributed by atoms with Gasteiger partial charge in [-0.25, -0.2) is 8.42 Å². The molecule has 0 unspecified atom stereocenters.